The van der Waals surface area contributed by atoms with Crippen LogP contribution in [0.25, 0.3) is 22.4 Å². The molecule has 248 valence electrons. The summed E-state index contributed by atoms with van der Waals surface area (Å²) >= 11 is 0. The van der Waals surface area contributed by atoms with Crippen molar-refractivity contribution < 1.29 is 22.7 Å². The summed E-state index contributed by atoms with van der Waals surface area (Å²) in [6.07, 6.45) is 3.60. The fourth-order valence-electron chi connectivity index (χ4n) is 7.01. The molecule has 1 aliphatic carbocycles. The molecule has 7 rings (SSSR count). The van der Waals surface area contributed by atoms with Gasteiger partial charge in [-0.1, -0.05) is 97.4 Å². The monoisotopic (exact) mass is 661 g/mol. The summed E-state index contributed by atoms with van der Waals surface area (Å²) in [4.78, 5) is 21.4. The molecule has 6 aromatic rings. The zero-order valence-corrected chi connectivity index (χ0v) is 26.8. The Labute approximate surface area is 281 Å². The van der Waals surface area contributed by atoms with Gasteiger partial charge in [0.2, 0.25) is 0 Å². The summed E-state index contributed by atoms with van der Waals surface area (Å²) in [5.41, 5.74) is 1.36. The van der Waals surface area contributed by atoms with Crippen molar-refractivity contribution >= 4 is 22.8 Å². The fraction of sp³-hybridized carbons (Fsp3) is 0.231. The first-order valence-corrected chi connectivity index (χ1v) is 16.4. The molecule has 1 saturated carbocycles. The Morgan fingerprint density at radius 1 is 0.857 bits per heavy atom. The number of pyridine rings is 2. The van der Waals surface area contributed by atoms with Crippen molar-refractivity contribution in [3.63, 3.8) is 0 Å². The van der Waals surface area contributed by atoms with Crippen LogP contribution in [-0.2, 0) is 15.1 Å². The van der Waals surface area contributed by atoms with Crippen LogP contribution in [0, 0.1) is 23.4 Å². The molecule has 1 N–H and O–H groups in total. The van der Waals surface area contributed by atoms with Crippen molar-refractivity contribution in [3.05, 3.63) is 143 Å². The highest BCUT2D eigenvalue weighted by Crippen LogP contribution is 2.44. The molecule has 1 fully saturated rings. The van der Waals surface area contributed by atoms with Gasteiger partial charge in [0, 0.05) is 12.1 Å². The third-order valence-corrected chi connectivity index (χ3v) is 9.17. The summed E-state index contributed by atoms with van der Waals surface area (Å²) in [5.74, 6) is -3.29. The van der Waals surface area contributed by atoms with Crippen molar-refractivity contribution in [1.29, 1.82) is 0 Å². The van der Waals surface area contributed by atoms with Gasteiger partial charge < -0.3 is 10.1 Å². The zero-order valence-electron chi connectivity index (χ0n) is 26.8. The highest BCUT2D eigenvalue weighted by Gasteiger charge is 2.42. The molecular weight excluding hydrogens is 627 g/mol. The lowest BCUT2D eigenvalue weighted by Crippen LogP contribution is -2.38. The van der Waals surface area contributed by atoms with Gasteiger partial charge in [0.25, 0.3) is 0 Å². The first-order valence-electron chi connectivity index (χ1n) is 16.4. The van der Waals surface area contributed by atoms with Gasteiger partial charge in [-0.15, -0.1) is 0 Å². The maximum absolute atomic E-state index is 15.9. The average Bonchev–Trinajstić information content (AvgIpc) is 3.50. The van der Waals surface area contributed by atoms with E-state index in [0.717, 1.165) is 35.4 Å². The van der Waals surface area contributed by atoms with Gasteiger partial charge in [0.1, 0.15) is 22.7 Å². The Morgan fingerprint density at radius 3 is 2.06 bits per heavy atom. The van der Waals surface area contributed by atoms with E-state index in [1.165, 1.54) is 6.07 Å². The van der Waals surface area contributed by atoms with Crippen LogP contribution < -0.4 is 5.32 Å². The Balaban J connectivity index is 1.43. The number of halogens is 3. The number of fused-ring (bicyclic) bond motifs is 1. The van der Waals surface area contributed by atoms with E-state index in [9.17, 15) is 9.18 Å². The van der Waals surface area contributed by atoms with Gasteiger partial charge in [-0.25, -0.2) is 27.8 Å². The van der Waals surface area contributed by atoms with Crippen molar-refractivity contribution in [2.45, 2.75) is 44.2 Å². The van der Waals surface area contributed by atoms with Gasteiger partial charge in [0.05, 0.1) is 24.1 Å². The van der Waals surface area contributed by atoms with Crippen LogP contribution in [0.5, 0.6) is 0 Å². The summed E-state index contributed by atoms with van der Waals surface area (Å²) in [6, 6.07) is 30.8. The minimum absolute atomic E-state index is 0.00256. The maximum atomic E-state index is 15.9. The SMILES string of the molecule is CCOC(=O)[C@@H]1CCC[C@H](Nc2nc(-c3nn(C(c4ccccc4)(c4ccccc4)c4ccccc4)c4ncc(F)cc34)c(F)cc2F)C1. The van der Waals surface area contributed by atoms with Gasteiger partial charge in [-0.3, -0.25) is 4.79 Å². The number of benzene rings is 3. The van der Waals surface area contributed by atoms with E-state index in [1.807, 2.05) is 91.0 Å². The first kappa shape index (κ1) is 32.1. The molecule has 1 aliphatic rings. The van der Waals surface area contributed by atoms with Crippen molar-refractivity contribution in [1.82, 2.24) is 19.7 Å². The highest BCUT2D eigenvalue weighted by atomic mass is 19.1. The molecule has 0 saturated heterocycles. The van der Waals surface area contributed by atoms with E-state index in [-0.39, 0.29) is 52.8 Å². The molecule has 0 bridgehead atoms. The minimum atomic E-state index is -1.15. The number of rotatable bonds is 9. The Bertz CT molecular complexity index is 1990. The third kappa shape index (κ3) is 5.92. The number of nitrogens with zero attached hydrogens (tertiary/aromatic N) is 4. The Hall–Kier alpha value is -5.51. The fourth-order valence-corrected chi connectivity index (χ4v) is 7.01. The quantitative estimate of drug-likeness (QED) is 0.124. The molecule has 49 heavy (non-hydrogen) atoms. The molecule has 3 aromatic heterocycles. The number of esters is 1. The number of ether oxygens (including phenoxy) is 1. The van der Waals surface area contributed by atoms with Gasteiger partial charge in [-0.2, -0.15) is 5.10 Å². The molecule has 0 aliphatic heterocycles. The van der Waals surface area contributed by atoms with Crippen molar-refractivity contribution in [3.8, 4) is 11.4 Å². The van der Waals surface area contributed by atoms with Gasteiger partial charge in [-0.05, 0) is 48.9 Å². The highest BCUT2D eigenvalue weighted by molar-refractivity contribution is 5.91. The maximum Gasteiger partial charge on any atom is 0.308 e. The largest absolute Gasteiger partial charge is 0.466 e. The van der Waals surface area contributed by atoms with Crippen LogP contribution in [-0.4, -0.2) is 38.4 Å². The Kier molecular flexibility index (Phi) is 8.86. The smallest absolute Gasteiger partial charge is 0.308 e. The summed E-state index contributed by atoms with van der Waals surface area (Å²) < 4.78 is 53.1. The summed E-state index contributed by atoms with van der Waals surface area (Å²) in [5, 5.41) is 8.32. The Morgan fingerprint density at radius 2 is 1.47 bits per heavy atom. The van der Waals surface area contributed by atoms with Crippen LogP contribution in [0.15, 0.2) is 109 Å². The van der Waals surface area contributed by atoms with E-state index in [0.29, 0.717) is 19.3 Å². The second-order valence-corrected chi connectivity index (χ2v) is 12.2. The molecule has 0 amide bonds. The number of carbonyl (C=O) groups is 1. The molecule has 0 radical (unpaired) electrons. The van der Waals surface area contributed by atoms with Crippen LogP contribution >= 0.6 is 0 Å². The minimum Gasteiger partial charge on any atom is -0.466 e. The van der Waals surface area contributed by atoms with Crippen LogP contribution in [0.4, 0.5) is 19.0 Å². The second-order valence-electron chi connectivity index (χ2n) is 12.2. The van der Waals surface area contributed by atoms with Crippen molar-refractivity contribution in [2.75, 3.05) is 11.9 Å². The molecule has 2 atom stereocenters. The molecule has 3 aromatic carbocycles. The lowest BCUT2D eigenvalue weighted by molar-refractivity contribution is -0.149. The van der Waals surface area contributed by atoms with Crippen LogP contribution in [0.1, 0.15) is 49.3 Å². The molecule has 0 unspecified atom stereocenters. The van der Waals surface area contributed by atoms with E-state index in [2.05, 4.69) is 15.3 Å². The first-order chi connectivity index (χ1) is 23.9. The number of nitrogens with one attached hydrogen (secondary N) is 1. The van der Waals surface area contributed by atoms with Crippen LogP contribution in [0.3, 0.4) is 0 Å². The summed E-state index contributed by atoms with van der Waals surface area (Å²) in [7, 11) is 0. The topological polar surface area (TPSA) is 81.9 Å². The lowest BCUT2D eigenvalue weighted by atomic mass is 9.77. The number of hydrogen-bond donors (Lipinski definition) is 1. The number of anilines is 1. The predicted molar refractivity (Wildman–Crippen MR) is 181 cm³/mol. The van der Waals surface area contributed by atoms with E-state index in [4.69, 9.17) is 9.84 Å². The average molecular weight is 662 g/mol. The molecule has 3 heterocycles. The summed E-state index contributed by atoms with van der Waals surface area (Å²) in [6.45, 7) is 2.03. The molecular formula is C39H34F3N5O2. The van der Waals surface area contributed by atoms with Crippen LogP contribution in [0.2, 0.25) is 0 Å². The number of aromatic nitrogens is 4. The standard InChI is InChI=1S/C39H34F3N5O2/c1-2-49-38(48)25-13-12-20-30(21-25)44-36-33(42)23-32(41)35(45-36)34-31-22-29(40)24-43-37(31)47(46-34)39(26-14-6-3-7-15-26,27-16-8-4-9-17-27)28-18-10-5-11-19-28/h3-11,14-19,22-25,30H,2,12-13,20-21H2,1H3,(H,44,45)/t25-,30+/m1/s1. The number of carbonyl (C=O) groups excluding carboxylic acids is 1. The normalized spacial score (nSPS) is 16.4. The molecule has 7 nitrogen and oxygen atoms in total. The second kappa shape index (κ2) is 13.5. The van der Waals surface area contributed by atoms with Crippen molar-refractivity contribution in [2.24, 2.45) is 5.92 Å². The van der Waals surface area contributed by atoms with E-state index >= 15 is 8.78 Å². The van der Waals surface area contributed by atoms with Gasteiger partial charge >= 0.3 is 5.97 Å². The van der Waals surface area contributed by atoms with Gasteiger partial charge in [0.15, 0.2) is 23.1 Å². The molecule has 0 spiro atoms. The molecule has 10 heteroatoms. The van der Waals surface area contributed by atoms with E-state index in [1.54, 1.807) is 11.6 Å². The third-order valence-electron chi connectivity index (χ3n) is 9.17. The zero-order chi connectivity index (χ0) is 34.0. The predicted octanol–water partition coefficient (Wildman–Crippen LogP) is 8.28. The lowest BCUT2D eigenvalue weighted by Gasteiger charge is -2.36. The van der Waals surface area contributed by atoms with E-state index < -0.39 is 23.0 Å². The number of hydrogen-bond acceptors (Lipinski definition) is 6.